The predicted molar refractivity (Wildman–Crippen MR) is 117 cm³/mol. The van der Waals surface area contributed by atoms with Crippen LogP contribution in [0, 0.1) is 18.3 Å². The minimum atomic E-state index is -1.32. The van der Waals surface area contributed by atoms with E-state index >= 15 is 0 Å². The van der Waals surface area contributed by atoms with Gasteiger partial charge in [0.1, 0.15) is 23.5 Å². The molecule has 2 aromatic heterocycles. The topological polar surface area (TPSA) is 110 Å². The van der Waals surface area contributed by atoms with E-state index in [1.165, 1.54) is 12.4 Å². The molecule has 8 nitrogen and oxygen atoms in total. The highest BCUT2D eigenvalue weighted by atomic mass is 19.1. The number of nitriles is 1. The number of benzene rings is 1. The molecular weight excluding hydrogens is 411 g/mol. The van der Waals surface area contributed by atoms with Crippen LogP contribution in [0.2, 0.25) is 0 Å². The number of nitrogens with two attached hydrogens (primary N) is 1. The van der Waals surface area contributed by atoms with Crippen molar-refractivity contribution in [2.45, 2.75) is 13.1 Å². The predicted octanol–water partition coefficient (Wildman–Crippen LogP) is 3.32. The zero-order valence-electron chi connectivity index (χ0n) is 17.7. The van der Waals surface area contributed by atoms with Gasteiger partial charge in [0.25, 0.3) is 0 Å². The number of hydrogen-bond donors (Lipinski definition) is 1. The monoisotopic (exact) mass is 434 g/mol. The molecule has 1 fully saturated rings. The molecule has 0 spiro atoms. The van der Waals surface area contributed by atoms with Crippen molar-refractivity contribution in [2.24, 2.45) is 5.73 Å². The van der Waals surface area contributed by atoms with E-state index in [9.17, 15) is 9.65 Å². The van der Waals surface area contributed by atoms with E-state index in [0.29, 0.717) is 47.2 Å². The Morgan fingerprint density at radius 2 is 1.97 bits per heavy atom. The lowest BCUT2D eigenvalue weighted by molar-refractivity contribution is 0.122. The molecule has 164 valence electrons. The number of halogens is 1. The summed E-state index contributed by atoms with van der Waals surface area (Å²) in [6.45, 7) is 4.57. The fourth-order valence-corrected chi connectivity index (χ4v) is 3.40. The highest BCUT2D eigenvalue weighted by Crippen LogP contribution is 2.34. The minimum Gasteiger partial charge on any atom is -0.456 e. The molecule has 0 amide bonds. The second kappa shape index (κ2) is 9.68. The van der Waals surface area contributed by atoms with E-state index in [2.05, 4.69) is 25.9 Å². The molecular formula is C23H23FN6O2. The molecule has 1 unspecified atom stereocenters. The van der Waals surface area contributed by atoms with Gasteiger partial charge >= 0.3 is 0 Å². The standard InChI is InChI=1S/C23H23FN6O2/c1-15-8-18(10-22(29-15)30-4-6-31-7-5-30)32-21-9-16(11-25)2-3-19(21)23-27-13-17(14-28-23)20(24)12-26/h2-3,8-10,13-14,20H,4-7,12,26H2,1H3. The summed E-state index contributed by atoms with van der Waals surface area (Å²) in [4.78, 5) is 15.3. The summed E-state index contributed by atoms with van der Waals surface area (Å²) in [6, 6.07) is 10.8. The zero-order valence-corrected chi connectivity index (χ0v) is 17.7. The summed E-state index contributed by atoms with van der Waals surface area (Å²) in [7, 11) is 0. The number of morpholine rings is 1. The largest absolute Gasteiger partial charge is 0.456 e. The Morgan fingerprint density at radius 1 is 1.22 bits per heavy atom. The first-order valence-electron chi connectivity index (χ1n) is 10.3. The second-order valence-corrected chi connectivity index (χ2v) is 7.37. The van der Waals surface area contributed by atoms with E-state index in [4.69, 9.17) is 15.2 Å². The minimum absolute atomic E-state index is 0.138. The second-order valence-electron chi connectivity index (χ2n) is 7.37. The molecule has 32 heavy (non-hydrogen) atoms. The number of aromatic nitrogens is 3. The molecule has 1 aromatic carbocycles. The Bertz CT molecular complexity index is 1130. The first-order chi connectivity index (χ1) is 15.6. The van der Waals surface area contributed by atoms with Gasteiger partial charge in [-0.05, 0) is 25.1 Å². The number of nitrogens with zero attached hydrogens (tertiary/aromatic N) is 5. The fourth-order valence-electron chi connectivity index (χ4n) is 3.40. The first kappa shape index (κ1) is 21.6. The van der Waals surface area contributed by atoms with Crippen LogP contribution in [0.1, 0.15) is 23.0 Å². The Balaban J connectivity index is 1.68. The third-order valence-electron chi connectivity index (χ3n) is 5.07. The maximum Gasteiger partial charge on any atom is 0.162 e. The Hall–Kier alpha value is -3.61. The summed E-state index contributed by atoms with van der Waals surface area (Å²) in [5, 5.41) is 9.35. The van der Waals surface area contributed by atoms with Crippen LogP contribution in [0.4, 0.5) is 10.2 Å². The number of anilines is 1. The van der Waals surface area contributed by atoms with Crippen molar-refractivity contribution in [3.05, 3.63) is 59.5 Å². The van der Waals surface area contributed by atoms with Gasteiger partial charge in [0, 0.05) is 55.4 Å². The van der Waals surface area contributed by atoms with Gasteiger partial charge in [0.15, 0.2) is 5.82 Å². The van der Waals surface area contributed by atoms with Crippen molar-refractivity contribution in [1.29, 1.82) is 5.26 Å². The number of rotatable bonds is 6. The summed E-state index contributed by atoms with van der Waals surface area (Å²) in [5.74, 6) is 2.17. The first-order valence-corrected chi connectivity index (χ1v) is 10.3. The molecule has 1 aliphatic heterocycles. The smallest absolute Gasteiger partial charge is 0.162 e. The van der Waals surface area contributed by atoms with Gasteiger partial charge in [0.2, 0.25) is 0 Å². The van der Waals surface area contributed by atoms with Crippen LogP contribution in [0.3, 0.4) is 0 Å². The molecule has 4 rings (SSSR count). The van der Waals surface area contributed by atoms with Crippen LogP contribution in [-0.2, 0) is 4.74 Å². The van der Waals surface area contributed by atoms with E-state index in [-0.39, 0.29) is 6.54 Å². The fraction of sp³-hybridized carbons (Fsp3) is 0.304. The van der Waals surface area contributed by atoms with Crippen LogP contribution in [-0.4, -0.2) is 47.8 Å². The van der Waals surface area contributed by atoms with Gasteiger partial charge in [-0.3, -0.25) is 0 Å². The average Bonchev–Trinajstić information content (AvgIpc) is 2.84. The van der Waals surface area contributed by atoms with Gasteiger partial charge < -0.3 is 20.1 Å². The maximum atomic E-state index is 13.8. The summed E-state index contributed by atoms with van der Waals surface area (Å²) in [5.41, 5.74) is 7.51. The molecule has 1 atom stereocenters. The Labute approximate surface area is 185 Å². The third-order valence-corrected chi connectivity index (χ3v) is 5.07. The van der Waals surface area contributed by atoms with Crippen molar-refractivity contribution < 1.29 is 13.9 Å². The molecule has 9 heteroatoms. The van der Waals surface area contributed by atoms with E-state index in [0.717, 1.165) is 24.6 Å². The number of aryl methyl sites for hydroxylation is 1. The van der Waals surface area contributed by atoms with Crippen LogP contribution in [0.5, 0.6) is 11.5 Å². The Morgan fingerprint density at radius 3 is 2.66 bits per heavy atom. The molecule has 3 heterocycles. The third kappa shape index (κ3) is 4.82. The van der Waals surface area contributed by atoms with Crippen molar-refractivity contribution >= 4 is 5.82 Å². The summed E-state index contributed by atoms with van der Waals surface area (Å²) in [6.07, 6.45) is 1.50. The van der Waals surface area contributed by atoms with E-state index in [1.807, 2.05) is 19.1 Å². The van der Waals surface area contributed by atoms with Crippen molar-refractivity contribution in [3.8, 4) is 29.0 Å². The number of ether oxygens (including phenoxy) is 2. The van der Waals surface area contributed by atoms with Gasteiger partial charge in [-0.2, -0.15) is 5.26 Å². The van der Waals surface area contributed by atoms with E-state index in [1.54, 1.807) is 18.2 Å². The van der Waals surface area contributed by atoms with Crippen LogP contribution < -0.4 is 15.4 Å². The highest BCUT2D eigenvalue weighted by molar-refractivity contribution is 5.66. The molecule has 1 aliphatic rings. The lowest BCUT2D eigenvalue weighted by Crippen LogP contribution is -2.36. The SMILES string of the molecule is Cc1cc(Oc2cc(C#N)ccc2-c2ncc(C(F)CN)cn2)cc(N2CCOCC2)n1. The highest BCUT2D eigenvalue weighted by Gasteiger charge is 2.17. The molecule has 1 saturated heterocycles. The van der Waals surface area contributed by atoms with Crippen molar-refractivity contribution in [2.75, 3.05) is 37.7 Å². The number of pyridine rings is 1. The van der Waals surface area contributed by atoms with Gasteiger partial charge in [-0.1, -0.05) is 0 Å². The zero-order chi connectivity index (χ0) is 22.5. The Kier molecular flexibility index (Phi) is 6.54. The number of hydrogen-bond acceptors (Lipinski definition) is 8. The molecule has 0 bridgehead atoms. The van der Waals surface area contributed by atoms with Crippen molar-refractivity contribution in [3.63, 3.8) is 0 Å². The lowest BCUT2D eigenvalue weighted by atomic mass is 10.1. The van der Waals surface area contributed by atoms with Gasteiger partial charge in [0.05, 0.1) is 30.4 Å². The van der Waals surface area contributed by atoms with Crippen LogP contribution >= 0.6 is 0 Å². The van der Waals surface area contributed by atoms with Gasteiger partial charge in [-0.15, -0.1) is 0 Å². The molecule has 2 N–H and O–H groups in total. The summed E-state index contributed by atoms with van der Waals surface area (Å²) >= 11 is 0. The quantitative estimate of drug-likeness (QED) is 0.629. The number of alkyl halides is 1. The average molecular weight is 434 g/mol. The van der Waals surface area contributed by atoms with Crippen LogP contribution in [0.15, 0.2) is 42.7 Å². The molecule has 3 aromatic rings. The van der Waals surface area contributed by atoms with E-state index < -0.39 is 6.17 Å². The maximum absolute atomic E-state index is 13.8. The molecule has 0 radical (unpaired) electrons. The summed E-state index contributed by atoms with van der Waals surface area (Å²) < 4.78 is 25.4. The molecule has 0 aliphatic carbocycles. The normalized spacial score (nSPS) is 14.6. The lowest BCUT2D eigenvalue weighted by Gasteiger charge is -2.28. The molecule has 0 saturated carbocycles. The van der Waals surface area contributed by atoms with Crippen LogP contribution in [0.25, 0.3) is 11.4 Å². The van der Waals surface area contributed by atoms with Crippen molar-refractivity contribution in [1.82, 2.24) is 15.0 Å². The van der Waals surface area contributed by atoms with Gasteiger partial charge in [-0.25, -0.2) is 19.3 Å².